The van der Waals surface area contributed by atoms with Gasteiger partial charge in [-0.05, 0) is 45.8 Å². The molecule has 1 aliphatic rings. The van der Waals surface area contributed by atoms with Crippen LogP contribution in [0.25, 0.3) is 0 Å². The van der Waals surface area contributed by atoms with Gasteiger partial charge < -0.3 is 9.64 Å². The first-order valence-electron chi connectivity index (χ1n) is 11.4. The van der Waals surface area contributed by atoms with E-state index in [9.17, 15) is 4.39 Å². The molecule has 3 aromatic carbocycles. The van der Waals surface area contributed by atoms with Crippen molar-refractivity contribution in [3.05, 3.63) is 102 Å². The smallest absolute Gasteiger partial charge is 0.173 e. The zero-order valence-corrected chi connectivity index (χ0v) is 19.1. The number of nitrogens with zero attached hydrogens (tertiary/aromatic N) is 6. The first kappa shape index (κ1) is 22.0. The van der Waals surface area contributed by atoms with Gasteiger partial charge in [0, 0.05) is 26.2 Å². The van der Waals surface area contributed by atoms with Crippen LogP contribution in [-0.4, -0.2) is 58.4 Å². The van der Waals surface area contributed by atoms with Gasteiger partial charge in [-0.3, -0.25) is 4.90 Å². The summed E-state index contributed by atoms with van der Waals surface area (Å²) in [7, 11) is 1.66. The second kappa shape index (κ2) is 10.0. The van der Waals surface area contributed by atoms with Crippen molar-refractivity contribution in [3.8, 4) is 5.75 Å². The monoisotopic (exact) mass is 458 g/mol. The number of benzene rings is 3. The molecular weight excluding hydrogens is 431 g/mol. The van der Waals surface area contributed by atoms with Crippen LogP contribution >= 0.6 is 0 Å². The minimum Gasteiger partial charge on any atom is -0.497 e. The van der Waals surface area contributed by atoms with E-state index >= 15 is 0 Å². The molecule has 0 bridgehead atoms. The van der Waals surface area contributed by atoms with Crippen molar-refractivity contribution in [2.24, 2.45) is 0 Å². The lowest BCUT2D eigenvalue weighted by molar-refractivity contribution is 0.201. The molecule has 0 saturated carbocycles. The van der Waals surface area contributed by atoms with Crippen LogP contribution in [0.5, 0.6) is 5.75 Å². The van der Waals surface area contributed by atoms with Crippen molar-refractivity contribution in [1.29, 1.82) is 0 Å². The third kappa shape index (κ3) is 4.63. The molecule has 0 aliphatic carbocycles. The SMILES string of the molecule is COc1ccc([C@H](c2nnnn2Cc2ccccc2)N2CCN(c3ccccc3F)CC2)cc1. The molecule has 1 aliphatic heterocycles. The molecule has 1 aromatic heterocycles. The van der Waals surface area contributed by atoms with Crippen LogP contribution in [0.4, 0.5) is 10.1 Å². The van der Waals surface area contributed by atoms with Gasteiger partial charge in [0.1, 0.15) is 11.6 Å². The van der Waals surface area contributed by atoms with E-state index in [4.69, 9.17) is 4.74 Å². The summed E-state index contributed by atoms with van der Waals surface area (Å²) in [6.45, 7) is 3.53. The van der Waals surface area contributed by atoms with E-state index in [1.807, 2.05) is 47.1 Å². The summed E-state index contributed by atoms with van der Waals surface area (Å²) in [6, 6.07) is 25.0. The van der Waals surface area contributed by atoms with Crippen molar-refractivity contribution in [3.63, 3.8) is 0 Å². The summed E-state index contributed by atoms with van der Waals surface area (Å²) < 4.78 is 21.6. The van der Waals surface area contributed by atoms with Crippen molar-refractivity contribution in [2.75, 3.05) is 38.2 Å². The highest BCUT2D eigenvalue weighted by molar-refractivity contribution is 5.48. The summed E-state index contributed by atoms with van der Waals surface area (Å²) in [6.07, 6.45) is 0. The van der Waals surface area contributed by atoms with Crippen LogP contribution in [0.1, 0.15) is 23.0 Å². The lowest BCUT2D eigenvalue weighted by atomic mass is 10.0. The Labute approximate surface area is 198 Å². The summed E-state index contributed by atoms with van der Waals surface area (Å²) in [5.74, 6) is 1.40. The van der Waals surface area contributed by atoms with Gasteiger partial charge in [0.05, 0.1) is 25.4 Å². The third-order valence-corrected chi connectivity index (χ3v) is 6.28. The first-order chi connectivity index (χ1) is 16.7. The molecule has 4 aromatic rings. The number of ether oxygens (including phenoxy) is 1. The summed E-state index contributed by atoms with van der Waals surface area (Å²) in [5, 5.41) is 12.8. The molecule has 2 heterocycles. The molecule has 1 fully saturated rings. The number of rotatable bonds is 7. The number of hydrogen-bond donors (Lipinski definition) is 0. The molecule has 1 atom stereocenters. The Morgan fingerprint density at radius 3 is 2.29 bits per heavy atom. The number of para-hydroxylation sites is 1. The van der Waals surface area contributed by atoms with Crippen molar-refractivity contribution in [2.45, 2.75) is 12.6 Å². The van der Waals surface area contributed by atoms with E-state index < -0.39 is 0 Å². The molecule has 0 radical (unpaired) electrons. The Balaban J connectivity index is 1.43. The largest absolute Gasteiger partial charge is 0.497 e. The fourth-order valence-corrected chi connectivity index (χ4v) is 4.51. The lowest BCUT2D eigenvalue weighted by Gasteiger charge is -2.40. The molecule has 34 heavy (non-hydrogen) atoms. The third-order valence-electron chi connectivity index (χ3n) is 6.28. The molecule has 5 rings (SSSR count). The van der Waals surface area contributed by atoms with Gasteiger partial charge in [-0.1, -0.05) is 54.6 Å². The second-order valence-corrected chi connectivity index (χ2v) is 8.33. The number of piperazine rings is 1. The minimum absolute atomic E-state index is 0.132. The van der Waals surface area contributed by atoms with Gasteiger partial charge in [0.25, 0.3) is 0 Å². The topological polar surface area (TPSA) is 59.3 Å². The molecule has 0 unspecified atom stereocenters. The standard InChI is InChI=1S/C26H27FN6O/c1-34-22-13-11-21(12-14-22)25(26-28-29-30-33(26)19-20-7-3-2-4-8-20)32-17-15-31(16-18-32)24-10-6-5-9-23(24)27/h2-14,25H,15-19H2,1H3/t25-/m1/s1. The normalized spacial score (nSPS) is 15.3. The number of methoxy groups -OCH3 is 1. The number of aromatic nitrogens is 4. The van der Waals surface area contributed by atoms with Gasteiger partial charge >= 0.3 is 0 Å². The first-order valence-corrected chi connectivity index (χ1v) is 11.4. The van der Waals surface area contributed by atoms with Gasteiger partial charge in [0.2, 0.25) is 0 Å². The van der Waals surface area contributed by atoms with Crippen molar-refractivity contribution >= 4 is 5.69 Å². The Kier molecular flexibility index (Phi) is 6.49. The summed E-state index contributed by atoms with van der Waals surface area (Å²) in [4.78, 5) is 4.47. The quantitative estimate of drug-likeness (QED) is 0.420. The molecular formula is C26H27FN6O. The van der Waals surface area contributed by atoms with E-state index in [0.29, 0.717) is 25.3 Å². The maximum Gasteiger partial charge on any atom is 0.173 e. The lowest BCUT2D eigenvalue weighted by Crippen LogP contribution is -2.48. The predicted molar refractivity (Wildman–Crippen MR) is 128 cm³/mol. The fraction of sp³-hybridized carbons (Fsp3) is 0.269. The van der Waals surface area contributed by atoms with Crippen molar-refractivity contribution in [1.82, 2.24) is 25.1 Å². The Morgan fingerprint density at radius 2 is 1.59 bits per heavy atom. The Morgan fingerprint density at radius 1 is 0.882 bits per heavy atom. The zero-order chi connectivity index (χ0) is 23.3. The van der Waals surface area contributed by atoms with Gasteiger partial charge in [-0.25, -0.2) is 9.07 Å². The molecule has 1 saturated heterocycles. The summed E-state index contributed by atoms with van der Waals surface area (Å²) >= 11 is 0. The minimum atomic E-state index is -0.186. The predicted octanol–water partition coefficient (Wildman–Crippen LogP) is 3.78. The Bertz CT molecular complexity index is 1210. The van der Waals surface area contributed by atoms with E-state index in [1.54, 1.807) is 13.2 Å². The van der Waals surface area contributed by atoms with Gasteiger partial charge in [-0.2, -0.15) is 0 Å². The summed E-state index contributed by atoms with van der Waals surface area (Å²) in [5.41, 5.74) is 2.87. The molecule has 0 N–H and O–H groups in total. The van der Waals surface area contributed by atoms with Crippen LogP contribution in [0.2, 0.25) is 0 Å². The molecule has 8 heteroatoms. The Hall–Kier alpha value is -3.78. The highest BCUT2D eigenvalue weighted by Gasteiger charge is 2.31. The second-order valence-electron chi connectivity index (χ2n) is 8.33. The number of anilines is 1. The average molecular weight is 459 g/mol. The average Bonchev–Trinajstić information content (AvgIpc) is 3.33. The van der Waals surface area contributed by atoms with Crippen molar-refractivity contribution < 1.29 is 9.13 Å². The molecule has 174 valence electrons. The molecule has 7 nitrogen and oxygen atoms in total. The zero-order valence-electron chi connectivity index (χ0n) is 19.1. The van der Waals surface area contributed by atoms with Crippen LogP contribution < -0.4 is 9.64 Å². The van der Waals surface area contributed by atoms with Crippen LogP contribution in [0, 0.1) is 5.82 Å². The van der Waals surface area contributed by atoms with E-state index in [0.717, 1.165) is 35.8 Å². The highest BCUT2D eigenvalue weighted by Crippen LogP contribution is 2.31. The molecule has 0 spiro atoms. The van der Waals surface area contributed by atoms with Crippen LogP contribution in [0.15, 0.2) is 78.9 Å². The maximum atomic E-state index is 14.4. The van der Waals surface area contributed by atoms with Gasteiger partial charge in [0.15, 0.2) is 5.82 Å². The van der Waals surface area contributed by atoms with Crippen LogP contribution in [0.3, 0.4) is 0 Å². The fourth-order valence-electron chi connectivity index (χ4n) is 4.51. The number of tetrazole rings is 1. The van der Waals surface area contributed by atoms with Gasteiger partial charge in [-0.15, -0.1) is 5.10 Å². The number of halogens is 1. The molecule has 0 amide bonds. The van der Waals surface area contributed by atoms with E-state index in [1.165, 1.54) is 6.07 Å². The van der Waals surface area contributed by atoms with E-state index in [2.05, 4.69) is 49.6 Å². The maximum absolute atomic E-state index is 14.4. The highest BCUT2D eigenvalue weighted by atomic mass is 19.1. The van der Waals surface area contributed by atoms with E-state index in [-0.39, 0.29) is 11.9 Å². The number of hydrogen-bond acceptors (Lipinski definition) is 6. The van der Waals surface area contributed by atoms with Crippen LogP contribution in [-0.2, 0) is 6.54 Å².